The third-order valence-corrected chi connectivity index (χ3v) is 10.5. The Morgan fingerprint density at radius 2 is 1.42 bits per heavy atom. The maximum atomic E-state index is 13.9. The molecule has 1 N–H and O–H groups in total. The first kappa shape index (κ1) is 27.6. The van der Waals surface area contributed by atoms with Crippen LogP contribution in [0.15, 0.2) is 91.0 Å². The van der Waals surface area contributed by atoms with E-state index in [4.69, 9.17) is 4.74 Å². The van der Waals surface area contributed by atoms with Crippen molar-refractivity contribution in [3.8, 4) is 11.5 Å². The van der Waals surface area contributed by atoms with E-state index in [9.17, 15) is 14.4 Å². The third kappa shape index (κ3) is 4.87. The van der Waals surface area contributed by atoms with Gasteiger partial charge in [-0.15, -0.1) is 0 Å². The van der Waals surface area contributed by atoms with Crippen LogP contribution >= 0.6 is 0 Å². The molecule has 1 heterocycles. The zero-order valence-corrected chi connectivity index (χ0v) is 24.9. The Balaban J connectivity index is 1.08. The predicted molar refractivity (Wildman–Crippen MR) is 165 cm³/mol. The molecule has 0 spiro atoms. The van der Waals surface area contributed by atoms with Gasteiger partial charge < -0.3 is 10.1 Å². The van der Waals surface area contributed by atoms with Crippen LogP contribution in [-0.2, 0) is 26.2 Å². The van der Waals surface area contributed by atoms with Gasteiger partial charge >= 0.3 is 0 Å². The van der Waals surface area contributed by atoms with Gasteiger partial charge in [-0.05, 0) is 89.5 Å². The molecule has 1 saturated heterocycles. The summed E-state index contributed by atoms with van der Waals surface area (Å²) in [7, 11) is 0. The number of allylic oxidation sites excluding steroid dienone is 2. The highest BCUT2D eigenvalue weighted by Crippen LogP contribution is 2.65. The van der Waals surface area contributed by atoms with Crippen LogP contribution in [0, 0.1) is 35.5 Å². The van der Waals surface area contributed by atoms with Crippen LogP contribution in [0.2, 0.25) is 0 Å². The molecule has 3 aromatic carbocycles. The number of hydrogen-bond donors (Lipinski definition) is 1. The average molecular weight is 575 g/mol. The SMILES string of the molecule is CCC(C)(C)c1ccc(Oc2ccc(NC(=O)[C@H](Cc3ccccc3)N3C(=O)[C@@H]4[C@H]5C=C[C@@H]([C@@H]6C[C@@H]56)[C@H]4C3=O)cc2)cc1. The molecule has 7 atom stereocenters. The van der Waals surface area contributed by atoms with Crippen molar-refractivity contribution in [2.75, 3.05) is 5.32 Å². The molecule has 43 heavy (non-hydrogen) atoms. The highest BCUT2D eigenvalue weighted by Gasteiger charge is 2.67. The highest BCUT2D eigenvalue weighted by atomic mass is 16.5. The molecule has 1 aliphatic heterocycles. The van der Waals surface area contributed by atoms with E-state index < -0.39 is 6.04 Å². The maximum absolute atomic E-state index is 13.9. The summed E-state index contributed by atoms with van der Waals surface area (Å²) >= 11 is 0. The minimum atomic E-state index is -0.925. The number of carbonyl (C=O) groups excluding carboxylic acids is 3. The second-order valence-corrected chi connectivity index (χ2v) is 13.3. The molecule has 2 bridgehead atoms. The van der Waals surface area contributed by atoms with E-state index in [0.717, 1.165) is 24.2 Å². The van der Waals surface area contributed by atoms with E-state index in [0.29, 0.717) is 23.3 Å². The lowest BCUT2D eigenvalue weighted by molar-refractivity contribution is -0.146. The van der Waals surface area contributed by atoms with E-state index in [-0.39, 0.29) is 53.2 Å². The van der Waals surface area contributed by atoms with E-state index in [2.05, 4.69) is 50.4 Å². The molecule has 3 amide bonds. The fourth-order valence-corrected chi connectivity index (χ4v) is 7.57. The van der Waals surface area contributed by atoms with Crippen molar-refractivity contribution in [2.45, 2.75) is 51.5 Å². The number of hydrogen-bond acceptors (Lipinski definition) is 4. The minimum absolute atomic E-state index is 0.107. The van der Waals surface area contributed by atoms with Crippen LogP contribution in [0.1, 0.15) is 44.7 Å². The summed E-state index contributed by atoms with van der Waals surface area (Å²) in [6.07, 6.45) is 6.74. The molecule has 0 aromatic heterocycles. The smallest absolute Gasteiger partial charge is 0.248 e. The number of likely N-dealkylation sites (tertiary alicyclic amines) is 1. The Morgan fingerprint density at radius 3 is 1.98 bits per heavy atom. The Morgan fingerprint density at radius 1 is 0.860 bits per heavy atom. The van der Waals surface area contributed by atoms with Gasteiger partial charge in [0.2, 0.25) is 17.7 Å². The molecule has 3 fully saturated rings. The van der Waals surface area contributed by atoms with Gasteiger partial charge in [-0.2, -0.15) is 0 Å². The van der Waals surface area contributed by atoms with Gasteiger partial charge in [-0.25, -0.2) is 0 Å². The molecule has 2 saturated carbocycles. The number of nitrogens with zero attached hydrogens (tertiary/aromatic N) is 1. The van der Waals surface area contributed by atoms with E-state index in [1.807, 2.05) is 54.6 Å². The van der Waals surface area contributed by atoms with Gasteiger partial charge in [-0.3, -0.25) is 19.3 Å². The molecule has 4 aliphatic carbocycles. The molecule has 8 rings (SSSR count). The largest absolute Gasteiger partial charge is 0.457 e. The Kier molecular flexibility index (Phi) is 6.76. The molecular weight excluding hydrogens is 536 g/mol. The van der Waals surface area contributed by atoms with Crippen molar-refractivity contribution in [1.82, 2.24) is 4.90 Å². The first-order chi connectivity index (χ1) is 20.7. The summed E-state index contributed by atoms with van der Waals surface area (Å²) in [6.45, 7) is 6.64. The van der Waals surface area contributed by atoms with Crippen LogP contribution in [0.3, 0.4) is 0 Å². The van der Waals surface area contributed by atoms with E-state index in [1.54, 1.807) is 12.1 Å². The number of benzene rings is 3. The summed E-state index contributed by atoms with van der Waals surface area (Å²) in [4.78, 5) is 42.9. The zero-order valence-electron chi connectivity index (χ0n) is 24.9. The van der Waals surface area contributed by atoms with Gasteiger partial charge in [-0.1, -0.05) is 75.4 Å². The molecule has 3 aromatic rings. The van der Waals surface area contributed by atoms with Crippen LogP contribution < -0.4 is 10.1 Å². The standard InChI is InChI=1S/C37H38N2O4/c1-4-37(2,3)23-10-14-25(15-11-23)43-26-16-12-24(13-17-26)38-34(40)31(20-22-8-6-5-7-9-22)39-35(41)32-27-18-19-28(30-21-29(27)30)33(32)36(39)42/h5-19,27-33H,4,20-21H2,1-3H3,(H,38,40)/t27-,28-,29-,30-,31-,32+,33+/m0/s1. The first-order valence-electron chi connectivity index (χ1n) is 15.5. The minimum Gasteiger partial charge on any atom is -0.457 e. The maximum Gasteiger partial charge on any atom is 0.248 e. The molecule has 5 aliphatic rings. The number of nitrogens with one attached hydrogen (secondary N) is 1. The monoisotopic (exact) mass is 574 g/mol. The summed E-state index contributed by atoms with van der Waals surface area (Å²) < 4.78 is 6.05. The van der Waals surface area contributed by atoms with Gasteiger partial charge in [0, 0.05) is 12.1 Å². The third-order valence-electron chi connectivity index (χ3n) is 10.5. The first-order valence-corrected chi connectivity index (χ1v) is 15.5. The van der Waals surface area contributed by atoms with Crippen LogP contribution in [0.25, 0.3) is 0 Å². The zero-order chi connectivity index (χ0) is 29.9. The van der Waals surface area contributed by atoms with Crippen molar-refractivity contribution in [2.24, 2.45) is 35.5 Å². The highest BCUT2D eigenvalue weighted by molar-refractivity contribution is 6.10. The predicted octanol–water partition coefficient (Wildman–Crippen LogP) is 6.77. The van der Waals surface area contributed by atoms with E-state index >= 15 is 0 Å². The Hall–Kier alpha value is -4.19. The van der Waals surface area contributed by atoms with Crippen molar-refractivity contribution >= 4 is 23.4 Å². The average Bonchev–Trinajstić information content (AvgIpc) is 3.81. The lowest BCUT2D eigenvalue weighted by Gasteiger charge is -2.37. The summed E-state index contributed by atoms with van der Waals surface area (Å²) in [5, 5.41) is 2.98. The lowest BCUT2D eigenvalue weighted by Crippen LogP contribution is -2.49. The number of rotatable bonds is 9. The second-order valence-electron chi connectivity index (χ2n) is 13.3. The van der Waals surface area contributed by atoms with Crippen molar-refractivity contribution < 1.29 is 19.1 Å². The normalized spacial score (nSPS) is 27.5. The summed E-state index contributed by atoms with van der Waals surface area (Å²) in [5.74, 6) is 1.23. The summed E-state index contributed by atoms with van der Waals surface area (Å²) in [5.41, 5.74) is 2.85. The topological polar surface area (TPSA) is 75.7 Å². The van der Waals surface area contributed by atoms with Crippen LogP contribution in [0.4, 0.5) is 5.69 Å². The van der Waals surface area contributed by atoms with E-state index in [1.165, 1.54) is 10.5 Å². The number of ether oxygens (including phenoxy) is 1. The number of amides is 3. The molecule has 0 unspecified atom stereocenters. The van der Waals surface area contributed by atoms with Crippen LogP contribution in [-0.4, -0.2) is 28.7 Å². The summed E-state index contributed by atoms with van der Waals surface area (Å²) in [6, 6.07) is 24.0. The Bertz CT molecular complexity index is 1540. The van der Waals surface area contributed by atoms with Gasteiger partial charge in [0.15, 0.2) is 0 Å². The molecule has 6 nitrogen and oxygen atoms in total. The molecule has 0 radical (unpaired) electrons. The molecule has 6 heteroatoms. The van der Waals surface area contributed by atoms with Gasteiger partial charge in [0.1, 0.15) is 17.5 Å². The molecular formula is C37H38N2O4. The quantitative estimate of drug-likeness (QED) is 0.226. The fraction of sp³-hybridized carbons (Fsp3) is 0.378. The molecule has 220 valence electrons. The lowest BCUT2D eigenvalue weighted by atomic mass is 9.63. The number of anilines is 1. The van der Waals surface area contributed by atoms with Gasteiger partial charge in [0.05, 0.1) is 11.8 Å². The Labute approximate surface area is 253 Å². The van der Waals surface area contributed by atoms with Crippen molar-refractivity contribution in [3.05, 3.63) is 102 Å². The van der Waals surface area contributed by atoms with Crippen LogP contribution in [0.5, 0.6) is 11.5 Å². The van der Waals surface area contributed by atoms with Gasteiger partial charge in [0.25, 0.3) is 0 Å². The van der Waals surface area contributed by atoms with Crippen molar-refractivity contribution in [1.29, 1.82) is 0 Å². The fourth-order valence-electron chi connectivity index (χ4n) is 7.57. The number of imide groups is 1. The van der Waals surface area contributed by atoms with Crippen molar-refractivity contribution in [3.63, 3.8) is 0 Å². The second kappa shape index (κ2) is 10.5. The number of carbonyl (C=O) groups is 3.